The van der Waals surface area contributed by atoms with Crippen LogP contribution in [0.5, 0.6) is 0 Å². The van der Waals surface area contributed by atoms with Gasteiger partial charge in [-0.05, 0) is 0 Å². The number of benzene rings is 1. The molecular weight excluding hydrogens is 292 g/mol. The topological polar surface area (TPSA) is 26.3 Å². The van der Waals surface area contributed by atoms with E-state index in [1.165, 1.54) is 10.5 Å². The SMILES string of the molecule is CC(=O)O[C@H](C)C[Te]c1ccccc1. The van der Waals surface area contributed by atoms with Gasteiger partial charge in [0.05, 0.1) is 0 Å². The first kappa shape index (κ1) is 11.6. The zero-order valence-electron chi connectivity index (χ0n) is 8.40. The molecule has 1 rings (SSSR count). The normalized spacial score (nSPS) is 12.1. The van der Waals surface area contributed by atoms with Gasteiger partial charge >= 0.3 is 94.8 Å². The second-order valence-corrected chi connectivity index (χ2v) is 6.16. The predicted molar refractivity (Wildman–Crippen MR) is 57.9 cm³/mol. The summed E-state index contributed by atoms with van der Waals surface area (Å²) in [4.78, 5) is 10.7. The molecule has 0 bridgehead atoms. The Morgan fingerprint density at radius 3 is 2.64 bits per heavy atom. The van der Waals surface area contributed by atoms with Crippen LogP contribution >= 0.6 is 0 Å². The van der Waals surface area contributed by atoms with Crippen LogP contribution in [0.25, 0.3) is 0 Å². The number of esters is 1. The molecule has 1 aromatic carbocycles. The zero-order chi connectivity index (χ0) is 10.4. The van der Waals surface area contributed by atoms with Crippen LogP contribution in [0.2, 0.25) is 4.47 Å². The van der Waals surface area contributed by atoms with Crippen LogP contribution in [0.3, 0.4) is 0 Å². The molecule has 0 unspecified atom stereocenters. The zero-order valence-corrected chi connectivity index (χ0v) is 10.7. The molecule has 76 valence electrons. The van der Waals surface area contributed by atoms with Crippen LogP contribution in [0.1, 0.15) is 13.8 Å². The van der Waals surface area contributed by atoms with Gasteiger partial charge in [-0.1, -0.05) is 0 Å². The number of carbonyl (C=O) groups is 1. The van der Waals surface area contributed by atoms with Crippen molar-refractivity contribution in [2.24, 2.45) is 0 Å². The van der Waals surface area contributed by atoms with Gasteiger partial charge in [0.1, 0.15) is 0 Å². The molecule has 0 spiro atoms. The molecule has 14 heavy (non-hydrogen) atoms. The summed E-state index contributed by atoms with van der Waals surface area (Å²) in [5, 5.41) is 0. The quantitative estimate of drug-likeness (QED) is 0.621. The van der Waals surface area contributed by atoms with E-state index in [9.17, 15) is 4.79 Å². The molecular formula is C11H14O2Te. The first-order valence-electron chi connectivity index (χ1n) is 4.53. The van der Waals surface area contributed by atoms with Crippen molar-refractivity contribution in [1.29, 1.82) is 0 Å². The fraction of sp³-hybridized carbons (Fsp3) is 0.364. The van der Waals surface area contributed by atoms with Gasteiger partial charge in [-0.15, -0.1) is 0 Å². The molecule has 1 aromatic rings. The fourth-order valence-electron chi connectivity index (χ4n) is 1.05. The van der Waals surface area contributed by atoms with Crippen molar-refractivity contribution in [3.05, 3.63) is 30.3 Å². The van der Waals surface area contributed by atoms with Crippen LogP contribution in [-0.4, -0.2) is 33.0 Å². The van der Waals surface area contributed by atoms with Gasteiger partial charge in [0.2, 0.25) is 0 Å². The number of ether oxygens (including phenoxy) is 1. The van der Waals surface area contributed by atoms with Crippen LogP contribution in [0, 0.1) is 0 Å². The standard InChI is InChI=1S/C11H14O2Te/c1-9(13-10(2)12)8-14-11-6-4-3-5-7-11/h3-7,9H,8H2,1-2H3/t9-/m1/s1. The number of hydrogen-bond acceptors (Lipinski definition) is 2. The fourth-order valence-corrected chi connectivity index (χ4v) is 3.46. The van der Waals surface area contributed by atoms with E-state index in [-0.39, 0.29) is 33.0 Å². The van der Waals surface area contributed by atoms with Gasteiger partial charge in [-0.3, -0.25) is 0 Å². The molecule has 0 aliphatic rings. The second-order valence-electron chi connectivity index (χ2n) is 3.04. The third-order valence-corrected chi connectivity index (χ3v) is 5.14. The summed E-state index contributed by atoms with van der Waals surface area (Å²) >= 11 is -0.200. The summed E-state index contributed by atoms with van der Waals surface area (Å²) in [5.41, 5.74) is 0. The maximum atomic E-state index is 10.7. The molecule has 0 saturated heterocycles. The average Bonchev–Trinajstić information content (AvgIpc) is 2.15. The molecule has 3 heteroatoms. The number of hydrogen-bond donors (Lipinski definition) is 0. The molecule has 2 nitrogen and oxygen atoms in total. The Morgan fingerprint density at radius 2 is 2.07 bits per heavy atom. The molecule has 0 saturated carbocycles. The van der Waals surface area contributed by atoms with Gasteiger partial charge in [0.25, 0.3) is 0 Å². The number of carbonyl (C=O) groups excluding carboxylic acids is 1. The molecule has 0 radical (unpaired) electrons. The first-order chi connectivity index (χ1) is 6.68. The summed E-state index contributed by atoms with van der Waals surface area (Å²) in [6.07, 6.45) is 0.0649. The van der Waals surface area contributed by atoms with Gasteiger partial charge in [0.15, 0.2) is 0 Å². The van der Waals surface area contributed by atoms with E-state index in [1.807, 2.05) is 13.0 Å². The molecule has 0 N–H and O–H groups in total. The molecule has 0 aliphatic heterocycles. The van der Waals surface area contributed by atoms with Crippen molar-refractivity contribution >= 4 is 30.5 Å². The van der Waals surface area contributed by atoms with E-state index >= 15 is 0 Å². The van der Waals surface area contributed by atoms with E-state index < -0.39 is 0 Å². The minimum absolute atomic E-state index is 0.0649. The molecule has 0 aliphatic carbocycles. The monoisotopic (exact) mass is 308 g/mol. The Bertz CT molecular complexity index is 285. The van der Waals surface area contributed by atoms with Crippen molar-refractivity contribution in [1.82, 2.24) is 0 Å². The Balaban J connectivity index is 2.30. The molecule has 0 amide bonds. The summed E-state index contributed by atoms with van der Waals surface area (Å²) in [6, 6.07) is 10.4. The first-order valence-corrected chi connectivity index (χ1v) is 7.35. The van der Waals surface area contributed by atoms with Crippen LogP contribution in [0.4, 0.5) is 0 Å². The summed E-state index contributed by atoms with van der Waals surface area (Å²) in [7, 11) is 0. The molecule has 0 aromatic heterocycles. The third-order valence-electron chi connectivity index (χ3n) is 1.60. The summed E-state index contributed by atoms with van der Waals surface area (Å²) in [5.74, 6) is -0.182. The van der Waals surface area contributed by atoms with Crippen molar-refractivity contribution in [2.75, 3.05) is 0 Å². The van der Waals surface area contributed by atoms with Crippen LogP contribution in [-0.2, 0) is 9.53 Å². The van der Waals surface area contributed by atoms with Crippen molar-refractivity contribution in [3.8, 4) is 0 Å². The number of rotatable bonds is 4. The maximum absolute atomic E-state index is 10.7. The van der Waals surface area contributed by atoms with Gasteiger partial charge < -0.3 is 0 Å². The Kier molecular flexibility index (Phi) is 5.00. The second kappa shape index (κ2) is 6.06. The van der Waals surface area contributed by atoms with Crippen LogP contribution < -0.4 is 3.61 Å². The van der Waals surface area contributed by atoms with E-state index in [0.717, 1.165) is 4.47 Å². The van der Waals surface area contributed by atoms with Crippen molar-refractivity contribution < 1.29 is 9.53 Å². The summed E-state index contributed by atoms with van der Waals surface area (Å²) in [6.45, 7) is 3.41. The predicted octanol–water partition coefficient (Wildman–Crippen LogP) is 1.39. The Morgan fingerprint density at radius 1 is 1.43 bits per heavy atom. The van der Waals surface area contributed by atoms with E-state index in [0.29, 0.717) is 0 Å². The van der Waals surface area contributed by atoms with E-state index in [4.69, 9.17) is 4.74 Å². The van der Waals surface area contributed by atoms with Gasteiger partial charge in [-0.25, -0.2) is 0 Å². The Hall–Kier alpha value is -0.520. The van der Waals surface area contributed by atoms with E-state index in [2.05, 4.69) is 24.3 Å². The Labute approximate surface area is 94.7 Å². The molecule has 0 fully saturated rings. The third kappa shape index (κ3) is 4.64. The van der Waals surface area contributed by atoms with E-state index in [1.54, 1.807) is 0 Å². The van der Waals surface area contributed by atoms with Crippen molar-refractivity contribution in [3.63, 3.8) is 0 Å². The summed E-state index contributed by atoms with van der Waals surface area (Å²) < 4.78 is 7.49. The molecule has 1 atom stereocenters. The minimum atomic E-state index is -0.200. The molecule has 0 heterocycles. The van der Waals surface area contributed by atoms with Gasteiger partial charge in [0, 0.05) is 0 Å². The van der Waals surface area contributed by atoms with Gasteiger partial charge in [-0.2, -0.15) is 0 Å². The van der Waals surface area contributed by atoms with Crippen molar-refractivity contribution in [2.45, 2.75) is 24.4 Å². The average molecular weight is 306 g/mol. The van der Waals surface area contributed by atoms with Crippen LogP contribution in [0.15, 0.2) is 30.3 Å².